The van der Waals surface area contributed by atoms with E-state index in [0.717, 1.165) is 11.1 Å². The molecule has 2 heterocycles. The molecule has 0 spiro atoms. The van der Waals surface area contributed by atoms with E-state index in [0.29, 0.717) is 33.6 Å². The molecule has 2 aromatic heterocycles. The summed E-state index contributed by atoms with van der Waals surface area (Å²) in [5.41, 5.74) is 3.04. The highest BCUT2D eigenvalue weighted by atomic mass is 35.5. The number of benzene rings is 2. The molecular formula is C19H12Cl2FN2O+. The molecule has 0 aliphatic rings. The van der Waals surface area contributed by atoms with E-state index in [1.807, 2.05) is 29.1 Å². The molecule has 124 valence electrons. The zero-order valence-electron chi connectivity index (χ0n) is 12.9. The molecule has 0 saturated heterocycles. The summed E-state index contributed by atoms with van der Waals surface area (Å²) in [6.07, 6.45) is 3.81. The lowest BCUT2D eigenvalue weighted by atomic mass is 10.2. The molecule has 4 rings (SSSR count). The first-order valence-corrected chi connectivity index (χ1v) is 8.33. The number of rotatable bonds is 3. The number of hydrogen-bond acceptors (Lipinski definition) is 2. The van der Waals surface area contributed by atoms with Crippen LogP contribution in [0.15, 0.2) is 65.3 Å². The van der Waals surface area contributed by atoms with Crippen molar-refractivity contribution in [1.82, 2.24) is 4.98 Å². The molecule has 0 atom stereocenters. The third kappa shape index (κ3) is 3.36. The maximum absolute atomic E-state index is 13.2. The molecule has 2 aromatic carbocycles. The molecule has 25 heavy (non-hydrogen) atoms. The lowest BCUT2D eigenvalue weighted by Crippen LogP contribution is -2.33. The second kappa shape index (κ2) is 6.47. The average Bonchev–Trinajstić information content (AvgIpc) is 3.01. The molecule has 6 heteroatoms. The van der Waals surface area contributed by atoms with Crippen LogP contribution in [-0.4, -0.2) is 4.98 Å². The predicted molar refractivity (Wildman–Crippen MR) is 95.2 cm³/mol. The molecule has 0 bridgehead atoms. The van der Waals surface area contributed by atoms with Gasteiger partial charge in [0.15, 0.2) is 24.5 Å². The molecule has 0 aliphatic carbocycles. The van der Waals surface area contributed by atoms with E-state index < -0.39 is 0 Å². The van der Waals surface area contributed by atoms with E-state index in [1.54, 1.807) is 24.3 Å². The maximum Gasteiger partial charge on any atom is 0.233 e. The van der Waals surface area contributed by atoms with Gasteiger partial charge in [0.25, 0.3) is 0 Å². The Bertz CT molecular complexity index is 1080. The van der Waals surface area contributed by atoms with Crippen molar-refractivity contribution in [2.45, 2.75) is 6.54 Å². The van der Waals surface area contributed by atoms with Crippen LogP contribution in [-0.2, 0) is 6.54 Å². The number of hydrogen-bond donors (Lipinski definition) is 0. The number of oxazole rings is 1. The summed E-state index contributed by atoms with van der Waals surface area (Å²) in [6, 6.07) is 13.5. The molecule has 0 amide bonds. The predicted octanol–water partition coefficient (Wildman–Crippen LogP) is 5.28. The molecule has 4 aromatic rings. The van der Waals surface area contributed by atoms with Gasteiger partial charge in [0.1, 0.15) is 16.9 Å². The van der Waals surface area contributed by atoms with Crippen LogP contribution in [0.2, 0.25) is 10.0 Å². The van der Waals surface area contributed by atoms with Crippen LogP contribution in [0.25, 0.3) is 22.6 Å². The fourth-order valence-electron chi connectivity index (χ4n) is 2.62. The number of fused-ring (bicyclic) bond motifs is 1. The van der Waals surface area contributed by atoms with Gasteiger partial charge in [-0.1, -0.05) is 23.2 Å². The van der Waals surface area contributed by atoms with Crippen molar-refractivity contribution in [3.05, 3.63) is 82.4 Å². The molecule has 0 N–H and O–H groups in total. The Kier molecular flexibility index (Phi) is 4.15. The van der Waals surface area contributed by atoms with Gasteiger partial charge in [0.05, 0.1) is 5.02 Å². The quantitative estimate of drug-likeness (QED) is 0.457. The Labute approximate surface area is 153 Å². The zero-order chi connectivity index (χ0) is 17.4. The summed E-state index contributed by atoms with van der Waals surface area (Å²) in [7, 11) is 0. The summed E-state index contributed by atoms with van der Waals surface area (Å²) in [4.78, 5) is 4.48. The maximum atomic E-state index is 13.2. The first-order chi connectivity index (χ1) is 12.1. The van der Waals surface area contributed by atoms with Crippen molar-refractivity contribution >= 4 is 34.3 Å². The van der Waals surface area contributed by atoms with Gasteiger partial charge >= 0.3 is 0 Å². The lowest BCUT2D eigenvalue weighted by Gasteiger charge is -2.02. The number of halogens is 3. The molecule has 0 aliphatic heterocycles. The second-order valence-corrected chi connectivity index (χ2v) is 6.48. The molecule has 0 fully saturated rings. The van der Waals surface area contributed by atoms with E-state index in [1.165, 1.54) is 12.1 Å². The van der Waals surface area contributed by atoms with Gasteiger partial charge in [0.2, 0.25) is 5.89 Å². The molecular weight excluding hydrogens is 362 g/mol. The largest absolute Gasteiger partial charge is 0.436 e. The highest BCUT2D eigenvalue weighted by Crippen LogP contribution is 2.25. The Morgan fingerprint density at radius 3 is 2.80 bits per heavy atom. The highest BCUT2D eigenvalue weighted by Gasteiger charge is 2.14. The monoisotopic (exact) mass is 373 g/mol. The fourth-order valence-corrected chi connectivity index (χ4v) is 3.01. The Hall–Kier alpha value is -2.43. The van der Waals surface area contributed by atoms with E-state index in [4.69, 9.17) is 27.6 Å². The summed E-state index contributed by atoms with van der Waals surface area (Å²) < 4.78 is 20.9. The Balaban J connectivity index is 1.68. The van der Waals surface area contributed by atoms with Gasteiger partial charge in [-0.3, -0.25) is 0 Å². The van der Waals surface area contributed by atoms with Crippen molar-refractivity contribution in [2.75, 3.05) is 0 Å². The third-order valence-corrected chi connectivity index (χ3v) is 4.41. The van der Waals surface area contributed by atoms with Crippen molar-refractivity contribution in [1.29, 1.82) is 0 Å². The summed E-state index contributed by atoms with van der Waals surface area (Å²) in [5.74, 6) is 0.162. The summed E-state index contributed by atoms with van der Waals surface area (Å²) in [5, 5.41) is 1.01. The van der Waals surface area contributed by atoms with Crippen molar-refractivity contribution in [2.24, 2.45) is 0 Å². The van der Waals surface area contributed by atoms with Crippen LogP contribution in [0, 0.1) is 5.82 Å². The topological polar surface area (TPSA) is 29.9 Å². The molecule has 0 unspecified atom stereocenters. The van der Waals surface area contributed by atoms with E-state index in [2.05, 4.69) is 4.98 Å². The van der Waals surface area contributed by atoms with Crippen LogP contribution in [0.4, 0.5) is 4.39 Å². The first-order valence-electron chi connectivity index (χ1n) is 7.58. The number of aromatic nitrogens is 2. The number of pyridine rings is 1. The third-order valence-electron chi connectivity index (χ3n) is 3.82. The van der Waals surface area contributed by atoms with Crippen LogP contribution in [0.5, 0.6) is 0 Å². The first kappa shape index (κ1) is 16.1. The molecule has 0 radical (unpaired) electrons. The van der Waals surface area contributed by atoms with Gasteiger partial charge in [-0.25, -0.2) is 9.37 Å². The van der Waals surface area contributed by atoms with Crippen LogP contribution in [0.1, 0.15) is 5.56 Å². The van der Waals surface area contributed by atoms with Gasteiger partial charge in [-0.2, -0.15) is 4.57 Å². The summed E-state index contributed by atoms with van der Waals surface area (Å²) in [6.45, 7) is 0.513. The SMILES string of the molecule is Fc1ccc(C[n+]2cccc(-c3nc4cc(Cl)ccc4o3)c2)c(Cl)c1. The van der Waals surface area contributed by atoms with Crippen LogP contribution >= 0.6 is 23.2 Å². The average molecular weight is 374 g/mol. The molecule has 3 nitrogen and oxygen atoms in total. The van der Waals surface area contributed by atoms with Crippen molar-refractivity contribution in [3.8, 4) is 11.5 Å². The van der Waals surface area contributed by atoms with E-state index >= 15 is 0 Å². The van der Waals surface area contributed by atoms with Crippen LogP contribution < -0.4 is 4.57 Å². The van der Waals surface area contributed by atoms with Crippen molar-refractivity contribution in [3.63, 3.8) is 0 Å². The smallest absolute Gasteiger partial charge is 0.233 e. The van der Waals surface area contributed by atoms with E-state index in [-0.39, 0.29) is 5.82 Å². The summed E-state index contributed by atoms with van der Waals surface area (Å²) >= 11 is 12.1. The van der Waals surface area contributed by atoms with E-state index in [9.17, 15) is 4.39 Å². The Morgan fingerprint density at radius 1 is 1.08 bits per heavy atom. The van der Waals surface area contributed by atoms with Gasteiger partial charge in [0, 0.05) is 16.7 Å². The zero-order valence-corrected chi connectivity index (χ0v) is 14.4. The van der Waals surface area contributed by atoms with Gasteiger partial charge in [-0.05, 0) is 42.5 Å². The Morgan fingerprint density at radius 2 is 1.96 bits per heavy atom. The second-order valence-electron chi connectivity index (χ2n) is 5.63. The normalized spacial score (nSPS) is 11.2. The highest BCUT2D eigenvalue weighted by molar-refractivity contribution is 6.31. The standard InChI is InChI=1S/C19H12Cl2FN2O/c20-14-4-6-18-17(8-14)23-19(25-18)13-2-1-7-24(11-13)10-12-3-5-15(22)9-16(12)21/h1-9,11H,10H2/q+1. The fraction of sp³-hybridized carbons (Fsp3) is 0.0526. The van der Waals surface area contributed by atoms with Crippen molar-refractivity contribution < 1.29 is 13.4 Å². The molecule has 0 saturated carbocycles. The number of nitrogens with zero attached hydrogens (tertiary/aromatic N) is 2. The van der Waals surface area contributed by atoms with Gasteiger partial charge in [-0.15, -0.1) is 0 Å². The van der Waals surface area contributed by atoms with Crippen LogP contribution in [0.3, 0.4) is 0 Å². The van der Waals surface area contributed by atoms with Gasteiger partial charge < -0.3 is 4.42 Å². The minimum Gasteiger partial charge on any atom is -0.436 e. The minimum absolute atomic E-state index is 0.349. The minimum atomic E-state index is -0.349. The lowest BCUT2D eigenvalue weighted by molar-refractivity contribution is -0.687.